The highest BCUT2D eigenvalue weighted by Crippen LogP contribution is 2.29. The molecule has 3 N–H and O–H groups in total. The number of phenolic OH excluding ortho intramolecular Hbond substituents is 1. The Bertz CT molecular complexity index is 597. The number of aromatic hydroxyl groups is 1. The first-order valence-electron chi connectivity index (χ1n) is 6.38. The molecule has 0 bridgehead atoms. The van der Waals surface area contributed by atoms with Crippen LogP contribution in [0.3, 0.4) is 0 Å². The first-order chi connectivity index (χ1) is 9.82. The van der Waals surface area contributed by atoms with E-state index < -0.39 is 18.0 Å². The molecule has 0 fully saturated rings. The fraction of sp³-hybridized carbons (Fsp3) is 0.357. The highest BCUT2D eigenvalue weighted by Gasteiger charge is 2.48. The van der Waals surface area contributed by atoms with Crippen molar-refractivity contribution >= 4 is 5.71 Å². The number of phenols is 1. The van der Waals surface area contributed by atoms with Crippen molar-refractivity contribution in [3.8, 4) is 5.75 Å². The lowest BCUT2D eigenvalue weighted by Gasteiger charge is -2.15. The molecule has 0 radical (unpaired) electrons. The van der Waals surface area contributed by atoms with Gasteiger partial charge in [-0.3, -0.25) is 4.99 Å². The quantitative estimate of drug-likeness (QED) is 0.823. The van der Waals surface area contributed by atoms with Crippen molar-refractivity contribution in [1.82, 2.24) is 0 Å². The lowest BCUT2D eigenvalue weighted by Crippen LogP contribution is -2.86. The van der Waals surface area contributed by atoms with Gasteiger partial charge in [-0.05, 0) is 19.1 Å². The first kappa shape index (κ1) is 15.5. The molecule has 1 aromatic carbocycles. The van der Waals surface area contributed by atoms with Crippen molar-refractivity contribution in [1.29, 1.82) is 0 Å². The molecule has 0 spiro atoms. The number of allylic oxidation sites excluding steroid dienone is 2. The molecule has 7 heteroatoms. The van der Waals surface area contributed by atoms with Crippen molar-refractivity contribution in [3.63, 3.8) is 0 Å². The molecule has 0 aliphatic carbocycles. The molecule has 0 saturated heterocycles. The van der Waals surface area contributed by atoms with Gasteiger partial charge in [-0.25, -0.2) is 8.78 Å². The van der Waals surface area contributed by atoms with Crippen molar-refractivity contribution in [2.24, 2.45) is 4.99 Å². The number of hydrogen-bond donors (Lipinski definition) is 2. The summed E-state index contributed by atoms with van der Waals surface area (Å²) in [5, 5.41) is 10.9. The molecule has 21 heavy (non-hydrogen) atoms. The number of nitrogens with two attached hydrogens (primary N) is 1. The van der Waals surface area contributed by atoms with Crippen LogP contribution in [0.5, 0.6) is 5.75 Å². The van der Waals surface area contributed by atoms with E-state index in [1.165, 1.54) is 6.07 Å². The maximum Gasteiger partial charge on any atom is 0.379 e. The summed E-state index contributed by atoms with van der Waals surface area (Å²) in [5.41, 5.74) is 0.372. The topological polar surface area (TPSA) is 49.2 Å². The SMILES string of the molecule is Cc1ccc(O)c(C2=NCC[NH2+]C(C(F)(F)C(F)F)=C2)c1. The third-order valence-corrected chi connectivity index (χ3v) is 3.15. The number of halogens is 4. The first-order valence-corrected chi connectivity index (χ1v) is 6.38. The van der Waals surface area contributed by atoms with Crippen LogP contribution in [0, 0.1) is 6.92 Å². The predicted octanol–water partition coefficient (Wildman–Crippen LogP) is 1.85. The molecule has 1 aliphatic rings. The standard InChI is InChI=1S/C14H14F4N2O/c1-8-2-3-11(21)9(6-8)10-7-12(20-5-4-19-10)14(17,18)13(15)16/h2-3,6-7,13,20-21H,4-5H2,1H3/p+1. The Balaban J connectivity index is 2.47. The number of quaternary nitrogens is 1. The third kappa shape index (κ3) is 3.24. The lowest BCUT2D eigenvalue weighted by molar-refractivity contribution is -0.619. The zero-order valence-corrected chi connectivity index (χ0v) is 11.3. The number of rotatable bonds is 3. The Labute approximate surface area is 119 Å². The second-order valence-corrected chi connectivity index (χ2v) is 4.80. The second kappa shape index (κ2) is 5.85. The normalized spacial score (nSPS) is 16.5. The van der Waals surface area contributed by atoms with Crippen molar-refractivity contribution in [3.05, 3.63) is 41.1 Å². The van der Waals surface area contributed by atoms with Gasteiger partial charge in [0.15, 0.2) is 5.70 Å². The van der Waals surface area contributed by atoms with E-state index in [1.807, 2.05) is 0 Å². The third-order valence-electron chi connectivity index (χ3n) is 3.15. The van der Waals surface area contributed by atoms with Crippen LogP contribution in [0.25, 0.3) is 0 Å². The molecular formula is C14H15F4N2O+. The van der Waals surface area contributed by atoms with Crippen molar-refractivity contribution in [2.45, 2.75) is 19.3 Å². The van der Waals surface area contributed by atoms with Crippen LogP contribution < -0.4 is 5.32 Å². The van der Waals surface area contributed by atoms with Crippen LogP contribution in [0.4, 0.5) is 17.6 Å². The van der Waals surface area contributed by atoms with E-state index in [1.54, 1.807) is 19.1 Å². The minimum Gasteiger partial charge on any atom is -0.507 e. The molecule has 114 valence electrons. The molecule has 0 unspecified atom stereocenters. The predicted molar refractivity (Wildman–Crippen MR) is 70.1 cm³/mol. The van der Waals surface area contributed by atoms with Crippen LogP contribution >= 0.6 is 0 Å². The van der Waals surface area contributed by atoms with Crippen LogP contribution in [-0.4, -0.2) is 36.3 Å². The monoisotopic (exact) mass is 303 g/mol. The summed E-state index contributed by atoms with van der Waals surface area (Å²) < 4.78 is 52.0. The van der Waals surface area contributed by atoms with Gasteiger partial charge >= 0.3 is 12.3 Å². The fourth-order valence-corrected chi connectivity index (χ4v) is 2.03. The average Bonchev–Trinajstić information content (AvgIpc) is 2.67. The molecule has 0 amide bonds. The number of nitrogens with zero attached hydrogens (tertiary/aromatic N) is 1. The highest BCUT2D eigenvalue weighted by molar-refractivity contribution is 6.10. The largest absolute Gasteiger partial charge is 0.507 e. The van der Waals surface area contributed by atoms with E-state index in [0.717, 1.165) is 17.0 Å². The molecule has 0 saturated carbocycles. The Morgan fingerprint density at radius 2 is 2.05 bits per heavy atom. The van der Waals surface area contributed by atoms with Gasteiger partial charge in [-0.2, -0.15) is 8.78 Å². The fourth-order valence-electron chi connectivity index (χ4n) is 2.03. The summed E-state index contributed by atoms with van der Waals surface area (Å²) in [4.78, 5) is 4.09. The zero-order valence-electron chi connectivity index (χ0n) is 11.3. The number of hydrogen-bond acceptors (Lipinski definition) is 2. The minimum absolute atomic E-state index is 0.0836. The highest BCUT2D eigenvalue weighted by atomic mass is 19.3. The van der Waals surface area contributed by atoms with E-state index in [9.17, 15) is 22.7 Å². The summed E-state index contributed by atoms with van der Waals surface area (Å²) in [6.07, 6.45) is -2.86. The lowest BCUT2D eigenvalue weighted by atomic mass is 10.0. The van der Waals surface area contributed by atoms with E-state index in [-0.39, 0.29) is 30.1 Å². The van der Waals surface area contributed by atoms with Gasteiger partial charge in [0, 0.05) is 11.6 Å². The van der Waals surface area contributed by atoms with Gasteiger partial charge in [0.05, 0.1) is 18.8 Å². The molecule has 1 heterocycles. The summed E-state index contributed by atoms with van der Waals surface area (Å²) in [6.45, 7) is 2.11. The van der Waals surface area contributed by atoms with Gasteiger partial charge in [0.1, 0.15) is 5.75 Å². The molecular weight excluding hydrogens is 288 g/mol. The van der Waals surface area contributed by atoms with Crippen LogP contribution in [0.2, 0.25) is 0 Å². The van der Waals surface area contributed by atoms with Gasteiger partial charge in [-0.1, -0.05) is 11.6 Å². The average molecular weight is 303 g/mol. The molecule has 1 aliphatic heterocycles. The zero-order chi connectivity index (χ0) is 15.6. The summed E-state index contributed by atoms with van der Waals surface area (Å²) in [6, 6.07) is 4.65. The van der Waals surface area contributed by atoms with E-state index >= 15 is 0 Å². The van der Waals surface area contributed by atoms with Gasteiger partial charge < -0.3 is 10.4 Å². The molecule has 1 aromatic rings. The van der Waals surface area contributed by atoms with Crippen molar-refractivity contribution in [2.75, 3.05) is 13.1 Å². The summed E-state index contributed by atoms with van der Waals surface area (Å²) >= 11 is 0. The smallest absolute Gasteiger partial charge is 0.379 e. The second-order valence-electron chi connectivity index (χ2n) is 4.80. The number of aliphatic imine (C=N–C) groups is 1. The summed E-state index contributed by atoms with van der Waals surface area (Å²) in [7, 11) is 0. The van der Waals surface area contributed by atoms with Gasteiger partial charge in [-0.15, -0.1) is 0 Å². The van der Waals surface area contributed by atoms with Crippen LogP contribution in [0.15, 0.2) is 35.0 Å². The van der Waals surface area contributed by atoms with E-state index in [4.69, 9.17) is 0 Å². The Morgan fingerprint density at radius 3 is 2.71 bits per heavy atom. The number of aryl methyl sites for hydroxylation is 1. The molecule has 3 nitrogen and oxygen atoms in total. The number of alkyl halides is 4. The minimum atomic E-state index is -4.23. The molecule has 2 rings (SSSR count). The number of benzene rings is 1. The maximum absolute atomic E-state index is 13.5. The van der Waals surface area contributed by atoms with Gasteiger partial charge in [0.25, 0.3) is 0 Å². The summed E-state index contributed by atoms with van der Waals surface area (Å²) in [5.74, 6) is -4.36. The van der Waals surface area contributed by atoms with Crippen LogP contribution in [-0.2, 0) is 0 Å². The maximum atomic E-state index is 13.5. The Kier molecular flexibility index (Phi) is 4.32. The molecule has 0 atom stereocenters. The van der Waals surface area contributed by atoms with E-state index in [0.29, 0.717) is 0 Å². The molecule has 0 aromatic heterocycles. The van der Waals surface area contributed by atoms with E-state index in [2.05, 4.69) is 4.99 Å². The van der Waals surface area contributed by atoms with Crippen LogP contribution in [0.1, 0.15) is 11.1 Å². The Morgan fingerprint density at radius 1 is 1.33 bits per heavy atom. The van der Waals surface area contributed by atoms with Gasteiger partial charge in [0.2, 0.25) is 0 Å². The Hall–Kier alpha value is -1.89. The van der Waals surface area contributed by atoms with Crippen molar-refractivity contribution < 1.29 is 28.0 Å².